The number of nitrogens with zero attached hydrogens (tertiary/aromatic N) is 4. The molecule has 5 rings (SSSR count). The minimum Gasteiger partial charge on any atom is -0.339 e. The van der Waals surface area contributed by atoms with Gasteiger partial charge in [0.25, 0.3) is 5.56 Å². The largest absolute Gasteiger partial charge is 0.339 e. The summed E-state index contributed by atoms with van der Waals surface area (Å²) < 4.78 is 1.39. The molecule has 1 fully saturated rings. The lowest BCUT2D eigenvalue weighted by Crippen LogP contribution is -2.51. The molecule has 2 heterocycles. The second-order valence-corrected chi connectivity index (χ2v) is 9.25. The fourth-order valence-electron chi connectivity index (χ4n) is 4.79. The number of amides is 1. The van der Waals surface area contributed by atoms with Crippen LogP contribution in [0.1, 0.15) is 22.7 Å². The molecule has 1 amide bonds. The molecular formula is C30H30N4O2. The molecule has 1 aliphatic heterocycles. The fraction of sp³-hybridized carbons (Fsp3) is 0.233. The fourth-order valence-corrected chi connectivity index (χ4v) is 4.79. The predicted octanol–water partition coefficient (Wildman–Crippen LogP) is 4.15. The summed E-state index contributed by atoms with van der Waals surface area (Å²) in [6.45, 7) is 4.79. The molecule has 1 aromatic heterocycles. The smallest absolute Gasteiger partial charge is 0.254 e. The normalized spacial score (nSPS) is 14.2. The Kier molecular flexibility index (Phi) is 7.05. The van der Waals surface area contributed by atoms with E-state index in [0.717, 1.165) is 24.2 Å². The van der Waals surface area contributed by atoms with Gasteiger partial charge < -0.3 is 4.90 Å². The Labute approximate surface area is 211 Å². The number of carbonyl (C=O) groups excluding carboxylic acids is 1. The Morgan fingerprint density at radius 3 is 1.97 bits per heavy atom. The summed E-state index contributed by atoms with van der Waals surface area (Å²) in [5, 5.41) is 0. The molecule has 3 aromatic carbocycles. The number of hydrogen-bond acceptors (Lipinski definition) is 4. The van der Waals surface area contributed by atoms with Crippen LogP contribution in [-0.2, 0) is 11.3 Å². The molecule has 182 valence electrons. The summed E-state index contributed by atoms with van der Waals surface area (Å²) in [5.41, 5.74) is 4.92. The molecular weight excluding hydrogens is 448 g/mol. The molecule has 0 saturated carbocycles. The SMILES string of the molecule is Cc1ccc(-c2cc(=O)n(CC(=O)N3CCN(C(c4ccccc4)c4ccccc4)CC3)cn2)cc1. The van der Waals surface area contributed by atoms with Crippen molar-refractivity contribution in [2.75, 3.05) is 26.2 Å². The van der Waals surface area contributed by atoms with Crippen LogP contribution in [-0.4, -0.2) is 51.4 Å². The number of piperazine rings is 1. The van der Waals surface area contributed by atoms with E-state index < -0.39 is 0 Å². The van der Waals surface area contributed by atoms with Gasteiger partial charge in [0.1, 0.15) is 6.54 Å². The first kappa shape index (κ1) is 23.7. The second kappa shape index (κ2) is 10.7. The van der Waals surface area contributed by atoms with E-state index in [4.69, 9.17) is 0 Å². The van der Waals surface area contributed by atoms with Crippen LogP contribution in [0.2, 0.25) is 0 Å². The molecule has 0 bridgehead atoms. The van der Waals surface area contributed by atoms with Crippen molar-refractivity contribution in [1.29, 1.82) is 0 Å². The maximum atomic E-state index is 13.0. The van der Waals surface area contributed by atoms with Crippen molar-refractivity contribution in [2.24, 2.45) is 0 Å². The highest BCUT2D eigenvalue weighted by molar-refractivity contribution is 5.76. The highest BCUT2D eigenvalue weighted by atomic mass is 16.2. The number of benzene rings is 3. The van der Waals surface area contributed by atoms with Crippen molar-refractivity contribution in [3.05, 3.63) is 124 Å². The van der Waals surface area contributed by atoms with E-state index in [9.17, 15) is 9.59 Å². The van der Waals surface area contributed by atoms with Crippen molar-refractivity contribution in [2.45, 2.75) is 19.5 Å². The van der Waals surface area contributed by atoms with Crippen molar-refractivity contribution in [3.8, 4) is 11.3 Å². The summed E-state index contributed by atoms with van der Waals surface area (Å²) in [4.78, 5) is 34.5. The van der Waals surface area contributed by atoms with Crippen LogP contribution in [0.5, 0.6) is 0 Å². The van der Waals surface area contributed by atoms with E-state index in [0.29, 0.717) is 18.8 Å². The first-order chi connectivity index (χ1) is 17.6. The third kappa shape index (κ3) is 5.29. The van der Waals surface area contributed by atoms with Crippen LogP contribution in [0, 0.1) is 6.92 Å². The number of carbonyl (C=O) groups is 1. The Hall–Kier alpha value is -4.03. The maximum absolute atomic E-state index is 13.0. The number of rotatable bonds is 6. The summed E-state index contributed by atoms with van der Waals surface area (Å²) >= 11 is 0. The lowest BCUT2D eigenvalue weighted by molar-refractivity contribution is -0.133. The van der Waals surface area contributed by atoms with E-state index in [2.05, 4.69) is 58.4 Å². The molecule has 0 spiro atoms. The Bertz CT molecular complexity index is 1320. The van der Waals surface area contributed by atoms with Crippen LogP contribution in [0.3, 0.4) is 0 Å². The topological polar surface area (TPSA) is 58.4 Å². The molecule has 0 atom stereocenters. The van der Waals surface area contributed by atoms with Gasteiger partial charge in [-0.05, 0) is 18.1 Å². The average Bonchev–Trinajstić information content (AvgIpc) is 2.92. The third-order valence-electron chi connectivity index (χ3n) is 6.80. The molecule has 1 aliphatic rings. The summed E-state index contributed by atoms with van der Waals surface area (Å²) in [6.07, 6.45) is 1.48. The minimum absolute atomic E-state index is 0.000804. The van der Waals surface area contributed by atoms with Crippen molar-refractivity contribution in [3.63, 3.8) is 0 Å². The first-order valence-electron chi connectivity index (χ1n) is 12.3. The molecule has 1 saturated heterocycles. The van der Waals surface area contributed by atoms with Crippen LogP contribution >= 0.6 is 0 Å². The summed E-state index contributed by atoms with van der Waals surface area (Å²) in [7, 11) is 0. The number of hydrogen-bond donors (Lipinski definition) is 0. The Morgan fingerprint density at radius 1 is 0.833 bits per heavy atom. The van der Waals surface area contributed by atoms with Gasteiger partial charge in [-0.1, -0.05) is 90.5 Å². The van der Waals surface area contributed by atoms with Crippen molar-refractivity contribution in [1.82, 2.24) is 19.4 Å². The van der Waals surface area contributed by atoms with Gasteiger partial charge in [0.05, 0.1) is 18.1 Å². The molecule has 4 aromatic rings. The lowest BCUT2D eigenvalue weighted by Gasteiger charge is -2.39. The highest BCUT2D eigenvalue weighted by Gasteiger charge is 2.28. The third-order valence-corrected chi connectivity index (χ3v) is 6.80. The molecule has 0 N–H and O–H groups in total. The first-order valence-corrected chi connectivity index (χ1v) is 12.3. The van der Waals surface area contributed by atoms with Crippen molar-refractivity contribution >= 4 is 5.91 Å². The highest BCUT2D eigenvalue weighted by Crippen LogP contribution is 2.29. The van der Waals surface area contributed by atoms with E-state index in [1.807, 2.05) is 48.2 Å². The zero-order chi connectivity index (χ0) is 24.9. The van der Waals surface area contributed by atoms with E-state index in [1.54, 1.807) is 0 Å². The molecule has 6 heteroatoms. The second-order valence-electron chi connectivity index (χ2n) is 9.25. The number of aryl methyl sites for hydroxylation is 1. The molecule has 0 radical (unpaired) electrons. The van der Waals surface area contributed by atoms with Crippen LogP contribution in [0.15, 0.2) is 102 Å². The monoisotopic (exact) mass is 478 g/mol. The maximum Gasteiger partial charge on any atom is 0.254 e. The van der Waals surface area contributed by atoms with E-state index in [-0.39, 0.29) is 24.1 Å². The molecule has 0 aliphatic carbocycles. The van der Waals surface area contributed by atoms with E-state index >= 15 is 0 Å². The zero-order valence-corrected chi connectivity index (χ0v) is 20.5. The van der Waals surface area contributed by atoms with Gasteiger partial charge in [-0.3, -0.25) is 19.1 Å². The van der Waals surface area contributed by atoms with E-state index in [1.165, 1.54) is 28.1 Å². The standard InChI is InChI=1S/C30H30N4O2/c1-23-12-14-24(15-13-23)27-20-28(35)34(22-31-27)21-29(36)32-16-18-33(19-17-32)30(25-8-4-2-5-9-25)26-10-6-3-7-11-26/h2-15,20,22,30H,16-19,21H2,1H3. The Morgan fingerprint density at radius 2 is 1.42 bits per heavy atom. The molecule has 6 nitrogen and oxygen atoms in total. The van der Waals surface area contributed by atoms with Gasteiger partial charge in [0.2, 0.25) is 5.91 Å². The van der Waals surface area contributed by atoms with Gasteiger partial charge in [0, 0.05) is 37.8 Å². The van der Waals surface area contributed by atoms with Crippen LogP contribution in [0.4, 0.5) is 0 Å². The minimum atomic E-state index is -0.221. The quantitative estimate of drug-likeness (QED) is 0.418. The van der Waals surface area contributed by atoms with Crippen LogP contribution < -0.4 is 5.56 Å². The van der Waals surface area contributed by atoms with Gasteiger partial charge >= 0.3 is 0 Å². The predicted molar refractivity (Wildman–Crippen MR) is 142 cm³/mol. The number of aromatic nitrogens is 2. The summed E-state index contributed by atoms with van der Waals surface area (Å²) in [5.74, 6) is -0.0578. The lowest BCUT2D eigenvalue weighted by atomic mass is 9.96. The zero-order valence-electron chi connectivity index (χ0n) is 20.5. The van der Waals surface area contributed by atoms with Gasteiger partial charge in [0.15, 0.2) is 0 Å². The molecule has 0 unspecified atom stereocenters. The van der Waals surface area contributed by atoms with Crippen LogP contribution in [0.25, 0.3) is 11.3 Å². The Balaban J connectivity index is 1.25. The van der Waals surface area contributed by atoms with Gasteiger partial charge in [-0.2, -0.15) is 0 Å². The average molecular weight is 479 g/mol. The van der Waals surface area contributed by atoms with Crippen molar-refractivity contribution < 1.29 is 4.79 Å². The van der Waals surface area contributed by atoms with Gasteiger partial charge in [-0.15, -0.1) is 0 Å². The summed E-state index contributed by atoms with van der Waals surface area (Å²) in [6, 6.07) is 30.5. The van der Waals surface area contributed by atoms with Gasteiger partial charge in [-0.25, -0.2) is 4.98 Å². The molecule has 36 heavy (non-hydrogen) atoms.